The summed E-state index contributed by atoms with van der Waals surface area (Å²) >= 11 is 7.27. The van der Waals surface area contributed by atoms with Crippen LogP contribution in [-0.2, 0) is 9.84 Å². The molecule has 0 fully saturated rings. The van der Waals surface area contributed by atoms with Crippen LogP contribution in [-0.4, -0.2) is 31.5 Å². The van der Waals surface area contributed by atoms with Crippen LogP contribution in [0.25, 0.3) is 6.08 Å². The van der Waals surface area contributed by atoms with Crippen LogP contribution in [0.5, 0.6) is 0 Å². The van der Waals surface area contributed by atoms with Gasteiger partial charge >= 0.3 is 0 Å². The second-order valence-electron chi connectivity index (χ2n) is 3.79. The molecule has 0 N–H and O–H groups in total. The molecule has 0 aromatic heterocycles. The zero-order valence-electron chi connectivity index (χ0n) is 9.54. The van der Waals surface area contributed by atoms with Crippen molar-refractivity contribution >= 4 is 44.3 Å². The van der Waals surface area contributed by atoms with E-state index in [1.54, 1.807) is 30.3 Å². The Bertz CT molecular complexity index is 577. The van der Waals surface area contributed by atoms with Crippen molar-refractivity contribution < 1.29 is 8.42 Å². The summed E-state index contributed by atoms with van der Waals surface area (Å²) in [5.74, 6) is 0.882. The Balaban J connectivity index is 2.05. The van der Waals surface area contributed by atoms with Gasteiger partial charge in [-0.25, -0.2) is 8.42 Å². The zero-order valence-corrected chi connectivity index (χ0v) is 11.9. The normalized spacial score (nSPS) is 16.2. The van der Waals surface area contributed by atoms with Gasteiger partial charge in [0.2, 0.25) is 0 Å². The monoisotopic (exact) mass is 301 g/mol. The summed E-state index contributed by atoms with van der Waals surface area (Å²) in [6.45, 7) is 0.719. The van der Waals surface area contributed by atoms with Crippen molar-refractivity contribution in [2.24, 2.45) is 4.99 Å². The molecule has 2 rings (SSSR count). The first kappa shape index (κ1) is 13.6. The first-order valence-corrected chi connectivity index (χ1v) is 8.46. The molecule has 0 aliphatic carbocycles. The Hall–Kier alpha value is -0.780. The lowest BCUT2D eigenvalue weighted by Crippen LogP contribution is -2.09. The van der Waals surface area contributed by atoms with Crippen LogP contribution < -0.4 is 0 Å². The van der Waals surface area contributed by atoms with E-state index in [0.717, 1.165) is 17.9 Å². The molecule has 3 nitrogen and oxygen atoms in total. The van der Waals surface area contributed by atoms with Crippen molar-refractivity contribution in [1.82, 2.24) is 0 Å². The van der Waals surface area contributed by atoms with E-state index >= 15 is 0 Å². The molecule has 1 aliphatic heterocycles. The molecule has 0 amide bonds. The number of benzene rings is 1. The molecule has 6 heteroatoms. The summed E-state index contributed by atoms with van der Waals surface area (Å²) in [4.78, 5) is 4.14. The second-order valence-corrected chi connectivity index (χ2v) is 7.28. The van der Waals surface area contributed by atoms with Crippen LogP contribution in [0, 0.1) is 0 Å². The minimum absolute atomic E-state index is 0.00174. The standard InChI is InChI=1S/C12H12ClNO2S2/c13-11-3-1-10(2-4-11)5-8-18(15,16)9-12-14-6-7-17-12/h1-5,8H,6-7,9H2/b8-5-. The van der Waals surface area contributed by atoms with E-state index in [4.69, 9.17) is 11.6 Å². The Morgan fingerprint density at radius 1 is 1.33 bits per heavy atom. The molecule has 0 bridgehead atoms. The zero-order chi connectivity index (χ0) is 13.0. The van der Waals surface area contributed by atoms with Gasteiger partial charge in [-0.3, -0.25) is 4.99 Å². The Morgan fingerprint density at radius 3 is 2.67 bits per heavy atom. The predicted molar refractivity (Wildman–Crippen MR) is 79.0 cm³/mol. The van der Waals surface area contributed by atoms with Gasteiger partial charge in [-0.2, -0.15) is 0 Å². The van der Waals surface area contributed by atoms with Gasteiger partial charge in [-0.1, -0.05) is 23.7 Å². The summed E-state index contributed by atoms with van der Waals surface area (Å²) < 4.78 is 23.6. The van der Waals surface area contributed by atoms with Crippen molar-refractivity contribution in [2.45, 2.75) is 0 Å². The van der Waals surface area contributed by atoms with Gasteiger partial charge in [0.25, 0.3) is 0 Å². The third kappa shape index (κ3) is 4.15. The topological polar surface area (TPSA) is 46.5 Å². The molecule has 18 heavy (non-hydrogen) atoms. The smallest absolute Gasteiger partial charge is 0.177 e. The van der Waals surface area contributed by atoms with E-state index in [1.165, 1.54) is 17.2 Å². The first-order valence-electron chi connectivity index (χ1n) is 5.38. The molecule has 96 valence electrons. The maximum atomic E-state index is 11.8. The van der Waals surface area contributed by atoms with E-state index < -0.39 is 9.84 Å². The third-order valence-electron chi connectivity index (χ3n) is 2.31. The number of aliphatic imine (C=N–C) groups is 1. The Kier molecular flexibility index (Phi) is 4.48. The maximum absolute atomic E-state index is 11.8. The third-order valence-corrected chi connectivity index (χ3v) is 4.97. The summed E-state index contributed by atoms with van der Waals surface area (Å²) in [5.41, 5.74) is 0.809. The molecule has 1 aromatic carbocycles. The SMILES string of the molecule is O=S(=O)(/C=C\c1ccc(Cl)cc1)CC1=NCCS1. The number of hydrogen-bond acceptors (Lipinski definition) is 4. The molecule has 1 heterocycles. The molecule has 1 aliphatic rings. The molecule has 0 spiro atoms. The van der Waals surface area contributed by atoms with Gasteiger partial charge in [-0.05, 0) is 23.8 Å². The van der Waals surface area contributed by atoms with Gasteiger partial charge in [0.1, 0.15) is 5.75 Å². The highest BCUT2D eigenvalue weighted by atomic mass is 35.5. The fourth-order valence-electron chi connectivity index (χ4n) is 1.44. The molecule has 0 saturated heterocycles. The highest BCUT2D eigenvalue weighted by molar-refractivity contribution is 8.15. The minimum Gasteiger partial charge on any atom is -0.281 e. The first-order chi connectivity index (χ1) is 8.55. The molecule has 0 radical (unpaired) electrons. The Morgan fingerprint density at radius 2 is 2.06 bits per heavy atom. The minimum atomic E-state index is -3.24. The van der Waals surface area contributed by atoms with Crippen molar-refractivity contribution in [2.75, 3.05) is 18.1 Å². The van der Waals surface area contributed by atoms with Gasteiger partial charge in [-0.15, -0.1) is 11.8 Å². The summed E-state index contributed by atoms with van der Waals surface area (Å²) in [7, 11) is -3.24. The van der Waals surface area contributed by atoms with E-state index in [-0.39, 0.29) is 5.75 Å². The van der Waals surface area contributed by atoms with Gasteiger partial charge in [0.15, 0.2) is 9.84 Å². The van der Waals surface area contributed by atoms with Crippen LogP contribution in [0.4, 0.5) is 0 Å². The maximum Gasteiger partial charge on any atom is 0.177 e. The summed E-state index contributed by atoms with van der Waals surface area (Å²) in [6.07, 6.45) is 1.58. The van der Waals surface area contributed by atoms with Crippen molar-refractivity contribution in [1.29, 1.82) is 0 Å². The van der Waals surface area contributed by atoms with E-state index in [1.807, 2.05) is 0 Å². The molecular weight excluding hydrogens is 290 g/mol. The van der Waals surface area contributed by atoms with Crippen LogP contribution in [0.15, 0.2) is 34.7 Å². The van der Waals surface area contributed by atoms with Crippen molar-refractivity contribution in [3.05, 3.63) is 40.3 Å². The number of thioether (sulfide) groups is 1. The summed E-state index contributed by atoms with van der Waals surface area (Å²) in [6, 6.07) is 7.00. The summed E-state index contributed by atoms with van der Waals surface area (Å²) in [5, 5.41) is 2.57. The van der Waals surface area contributed by atoms with Crippen molar-refractivity contribution in [3.63, 3.8) is 0 Å². The predicted octanol–water partition coefficient (Wildman–Crippen LogP) is 2.87. The van der Waals surface area contributed by atoms with E-state index in [2.05, 4.69) is 4.99 Å². The average molecular weight is 302 g/mol. The Labute approximate surface area is 116 Å². The quantitative estimate of drug-likeness (QED) is 0.859. The van der Waals surface area contributed by atoms with Gasteiger partial charge in [0.05, 0.1) is 5.04 Å². The fourth-order valence-corrected chi connectivity index (χ4v) is 3.89. The largest absolute Gasteiger partial charge is 0.281 e. The lowest BCUT2D eigenvalue weighted by Gasteiger charge is -1.98. The van der Waals surface area contributed by atoms with Gasteiger partial charge in [0, 0.05) is 22.7 Å². The van der Waals surface area contributed by atoms with Gasteiger partial charge < -0.3 is 0 Å². The molecule has 0 saturated carbocycles. The highest BCUT2D eigenvalue weighted by Gasteiger charge is 2.15. The van der Waals surface area contributed by atoms with Crippen molar-refractivity contribution in [3.8, 4) is 0 Å². The van der Waals surface area contributed by atoms with Crippen LogP contribution >= 0.6 is 23.4 Å². The van der Waals surface area contributed by atoms with Crippen LogP contribution in [0.3, 0.4) is 0 Å². The molecule has 0 atom stereocenters. The van der Waals surface area contributed by atoms with Crippen LogP contribution in [0.1, 0.15) is 5.56 Å². The number of sulfone groups is 1. The second kappa shape index (κ2) is 5.91. The number of hydrogen-bond donors (Lipinski definition) is 0. The van der Waals surface area contributed by atoms with E-state index in [9.17, 15) is 8.42 Å². The fraction of sp³-hybridized carbons (Fsp3) is 0.250. The lowest BCUT2D eigenvalue weighted by molar-refractivity contribution is 0.608. The molecular formula is C12H12ClNO2S2. The number of nitrogens with zero attached hydrogens (tertiary/aromatic N) is 1. The number of halogens is 1. The average Bonchev–Trinajstić information content (AvgIpc) is 2.80. The van der Waals surface area contributed by atoms with E-state index in [0.29, 0.717) is 10.1 Å². The molecule has 1 aromatic rings. The lowest BCUT2D eigenvalue weighted by atomic mass is 10.2. The molecule has 0 unspecified atom stereocenters. The highest BCUT2D eigenvalue weighted by Crippen LogP contribution is 2.15. The van der Waals surface area contributed by atoms with Crippen LogP contribution in [0.2, 0.25) is 5.02 Å². The number of rotatable bonds is 4.